The second kappa shape index (κ2) is 12.7. The predicted molar refractivity (Wildman–Crippen MR) is 248 cm³/mol. The molecule has 2 aromatic rings. The minimum Gasteiger partial charge on any atom is -0.483 e. The van der Waals surface area contributed by atoms with Crippen molar-refractivity contribution >= 4 is 69.8 Å². The molecule has 8 saturated heterocycles. The van der Waals surface area contributed by atoms with Crippen molar-refractivity contribution in [1.82, 2.24) is 20.4 Å². The quantitative estimate of drug-likeness (QED) is 0.138. The molecule has 13 aliphatic rings. The fraction of sp³-hybridized carbons (Fsp3) is 0.500. The molecule has 6 atom stereocenters. The van der Waals surface area contributed by atoms with E-state index in [1.54, 1.807) is 37.0 Å². The van der Waals surface area contributed by atoms with Crippen LogP contribution in [0.2, 0.25) is 0 Å². The highest BCUT2D eigenvalue weighted by molar-refractivity contribution is 6.30. The lowest BCUT2D eigenvalue weighted by Crippen LogP contribution is -2.83. The number of Topliss-reactive ketones (excluding diaryl/α,β-unsaturated/α-hetero) is 1. The first-order chi connectivity index (χ1) is 31.9. The zero-order valence-corrected chi connectivity index (χ0v) is 39.5. The van der Waals surface area contributed by atoms with Crippen molar-refractivity contribution in [2.24, 2.45) is 22.7 Å². The normalized spacial score (nSPS) is 34.6. The topological polar surface area (TPSA) is 201 Å². The van der Waals surface area contributed by atoms with Crippen LogP contribution < -0.4 is 20.1 Å². The van der Waals surface area contributed by atoms with Crippen LogP contribution in [0, 0.1) is 32.8 Å². The number of piperidine rings is 4. The Morgan fingerprint density at radius 3 is 1.72 bits per heavy atom. The van der Waals surface area contributed by atoms with E-state index in [9.17, 15) is 39.3 Å². The molecule has 352 valence electrons. The number of carbonyl (C=O) groups excluding carboxylic acids is 5. The summed E-state index contributed by atoms with van der Waals surface area (Å²) in [6.45, 7) is 16.6. The number of carbonyl (C=O) groups is 5. The fourth-order valence-corrected chi connectivity index (χ4v) is 14.4. The Hall–Kier alpha value is -6.58. The van der Waals surface area contributed by atoms with Gasteiger partial charge in [0.1, 0.15) is 44.9 Å². The molecule has 0 aromatic heterocycles. The lowest BCUT2D eigenvalue weighted by atomic mass is 9.51. The Balaban J connectivity index is 0.000000141. The summed E-state index contributed by atoms with van der Waals surface area (Å²) in [6.07, 6.45) is 14.7. The van der Waals surface area contributed by atoms with Crippen molar-refractivity contribution in [3.63, 3.8) is 0 Å². The van der Waals surface area contributed by atoms with Crippen LogP contribution in [0.1, 0.15) is 116 Å². The maximum Gasteiger partial charge on any atom is 0.288 e. The van der Waals surface area contributed by atoms with E-state index in [0.717, 1.165) is 41.0 Å². The number of allylic oxidation sites excluding steroid dienone is 2. The van der Waals surface area contributed by atoms with Crippen LogP contribution in [0.4, 0.5) is 11.4 Å². The Morgan fingerprint density at radius 1 is 0.691 bits per heavy atom. The zero-order chi connectivity index (χ0) is 48.3. The van der Waals surface area contributed by atoms with E-state index >= 15 is 0 Å². The van der Waals surface area contributed by atoms with E-state index in [0.29, 0.717) is 50.2 Å². The van der Waals surface area contributed by atoms with Crippen LogP contribution in [-0.2, 0) is 24.0 Å². The SMILES string of the molecule is CC1(C)C=Cc2c(ccc(C3=C[C@]45NC(=O)C6(CCCN6C4=O)CC5C(C)(C)C3=O)c2[N+](=O)[O-])O1.CC1(C)C=Cc2c(ccc3c2[N+](O)=C2C3=C[C@]34NC(=O)C5(CCCN5C3=O)CC4C2(C)C)O1. The largest absolute Gasteiger partial charge is 0.483 e. The first kappa shape index (κ1) is 42.8. The van der Waals surface area contributed by atoms with Gasteiger partial charge in [-0.15, -0.1) is 0 Å². The summed E-state index contributed by atoms with van der Waals surface area (Å²) in [5.74, 6) is -0.244. The van der Waals surface area contributed by atoms with Gasteiger partial charge in [0.15, 0.2) is 5.78 Å². The summed E-state index contributed by atoms with van der Waals surface area (Å²) in [5.41, 5.74) is -2.57. The second-order valence-electron chi connectivity index (χ2n) is 23.0. The highest BCUT2D eigenvalue weighted by Crippen LogP contribution is 2.62. The number of nitrogens with one attached hydrogen (secondary N) is 2. The molecule has 3 N–H and O–H groups in total. The van der Waals surface area contributed by atoms with Gasteiger partial charge >= 0.3 is 0 Å². The van der Waals surface area contributed by atoms with E-state index in [4.69, 9.17) is 9.47 Å². The molecule has 15 rings (SSSR count). The molecular formula is C52H55N6O10+. The van der Waals surface area contributed by atoms with E-state index in [-0.39, 0.29) is 57.7 Å². The van der Waals surface area contributed by atoms with Gasteiger partial charge in [-0.1, -0.05) is 13.8 Å². The molecule has 11 heterocycles. The average molecular weight is 924 g/mol. The van der Waals surface area contributed by atoms with Gasteiger partial charge in [0.25, 0.3) is 23.2 Å². The molecular weight excluding hydrogens is 869 g/mol. The van der Waals surface area contributed by atoms with Gasteiger partial charge in [0.2, 0.25) is 17.5 Å². The molecule has 4 bridgehead atoms. The van der Waals surface area contributed by atoms with Crippen molar-refractivity contribution in [1.29, 1.82) is 0 Å². The lowest BCUT2D eigenvalue weighted by Gasteiger charge is -2.62. The first-order valence-electron chi connectivity index (χ1n) is 23.8. The second-order valence-corrected chi connectivity index (χ2v) is 23.0. The average Bonchev–Trinajstić information content (AvgIpc) is 3.98. The number of nitro benzene ring substituents is 1. The molecule has 4 spiro atoms. The minimum absolute atomic E-state index is 0.00338. The standard InChI is InChI=1S/C26H27N3O6.C26H27N3O4/c1-23(2)10-8-15-17(35-23)7-6-14(19(15)29(33)34)16-12-26-18(24(3,4)20(16)30)13-25(21(31)27-26)9-5-11-28(25)22(26)32;1-23(2)10-8-15-17(33-23)7-6-14-16-12-26-18(24(3,4)20(16)29(32)19(14)15)13-25(21(30)27-26)9-5-11-28(25)22(26)31/h6-8,10,12,18H,5,9,11,13H2,1-4H3,(H,27,31);6-8,10,12,18H,5,9,11,13H2,1-4H3,(H-,27,30,32)/p+1/t2*18?,25?,26-/m11/s1. The van der Waals surface area contributed by atoms with Gasteiger partial charge < -0.3 is 29.9 Å². The van der Waals surface area contributed by atoms with E-state index in [1.165, 1.54) is 16.9 Å². The fourth-order valence-electron chi connectivity index (χ4n) is 14.4. The number of piperazine rings is 2. The number of benzene rings is 2. The molecule has 11 aliphatic heterocycles. The third-order valence-electron chi connectivity index (χ3n) is 17.6. The maximum atomic E-state index is 13.9. The van der Waals surface area contributed by atoms with Crippen molar-refractivity contribution in [2.45, 2.75) is 127 Å². The van der Waals surface area contributed by atoms with Crippen molar-refractivity contribution in [3.05, 3.63) is 80.9 Å². The molecule has 2 aliphatic carbocycles. The highest BCUT2D eigenvalue weighted by atomic mass is 16.6. The van der Waals surface area contributed by atoms with Gasteiger partial charge in [0, 0.05) is 40.7 Å². The number of rotatable bonds is 2. The Morgan fingerprint density at radius 2 is 1.18 bits per heavy atom. The van der Waals surface area contributed by atoms with Crippen molar-refractivity contribution in [2.75, 3.05) is 13.1 Å². The van der Waals surface area contributed by atoms with E-state index in [2.05, 4.69) is 24.5 Å². The number of hydrogen-bond donors (Lipinski definition) is 3. The Labute approximate surface area is 392 Å². The third-order valence-corrected chi connectivity index (χ3v) is 17.6. The van der Waals surface area contributed by atoms with Crippen LogP contribution in [0.5, 0.6) is 11.5 Å². The number of ether oxygens (including phenoxy) is 2. The molecule has 4 amide bonds. The summed E-state index contributed by atoms with van der Waals surface area (Å²) in [4.78, 5) is 83.5. The van der Waals surface area contributed by atoms with E-state index < -0.39 is 55.0 Å². The van der Waals surface area contributed by atoms with Crippen LogP contribution in [-0.4, -0.2) is 106 Å². The highest BCUT2D eigenvalue weighted by Gasteiger charge is 2.75. The molecule has 68 heavy (non-hydrogen) atoms. The molecule has 16 heteroatoms. The van der Waals surface area contributed by atoms with Crippen LogP contribution >= 0.6 is 0 Å². The Kier molecular flexibility index (Phi) is 8.01. The van der Waals surface area contributed by atoms with Crippen LogP contribution in [0.3, 0.4) is 0 Å². The minimum atomic E-state index is -1.41. The summed E-state index contributed by atoms with van der Waals surface area (Å²) in [5, 5.41) is 30.0. The van der Waals surface area contributed by atoms with E-state index in [1.807, 2.05) is 63.0 Å². The number of fused-ring (bicyclic) bond motifs is 8. The summed E-state index contributed by atoms with van der Waals surface area (Å²) in [7, 11) is 0. The molecule has 8 fully saturated rings. The number of nitro groups is 1. The van der Waals surface area contributed by atoms with Gasteiger partial charge in [-0.05, 0) is 141 Å². The van der Waals surface area contributed by atoms with Gasteiger partial charge in [-0.3, -0.25) is 39.3 Å². The van der Waals surface area contributed by atoms with Gasteiger partial charge in [-0.2, -0.15) is 0 Å². The summed E-state index contributed by atoms with van der Waals surface area (Å²) in [6, 6.07) is 7.03. The molecule has 0 radical (unpaired) electrons. The smallest absolute Gasteiger partial charge is 0.288 e. The molecule has 2 aromatic carbocycles. The predicted octanol–water partition coefficient (Wildman–Crippen LogP) is 6.05. The van der Waals surface area contributed by atoms with Crippen LogP contribution in [0.15, 0.2) is 48.6 Å². The molecule has 4 unspecified atom stereocenters. The number of nitrogens with zero attached hydrogens (tertiary/aromatic N) is 4. The number of hydrogen-bond acceptors (Lipinski definition) is 10. The van der Waals surface area contributed by atoms with Crippen molar-refractivity contribution in [3.8, 4) is 11.5 Å². The Bertz CT molecular complexity index is 3030. The zero-order valence-electron chi connectivity index (χ0n) is 39.5. The van der Waals surface area contributed by atoms with Gasteiger partial charge in [-0.25, -0.2) is 0 Å². The monoisotopic (exact) mass is 923 g/mol. The summed E-state index contributed by atoms with van der Waals surface area (Å²) < 4.78 is 13.4. The van der Waals surface area contributed by atoms with Crippen molar-refractivity contribution < 1.29 is 48.3 Å². The summed E-state index contributed by atoms with van der Waals surface area (Å²) >= 11 is 0. The lowest BCUT2D eigenvalue weighted by molar-refractivity contribution is -0.712. The van der Waals surface area contributed by atoms with Crippen LogP contribution in [0.25, 0.3) is 23.3 Å². The maximum absolute atomic E-state index is 13.9. The molecule has 0 saturated carbocycles. The third kappa shape index (κ3) is 5.00. The first-order valence-corrected chi connectivity index (χ1v) is 23.8. The van der Waals surface area contributed by atoms with Gasteiger partial charge in [0.05, 0.1) is 38.2 Å². The number of amides is 4. The molecule has 16 nitrogen and oxygen atoms in total. The number of ketones is 1.